The van der Waals surface area contributed by atoms with Crippen LogP contribution in [0, 0.1) is 17.8 Å². The van der Waals surface area contributed by atoms with Crippen LogP contribution in [-0.2, 0) is 19.3 Å². The van der Waals surface area contributed by atoms with Crippen molar-refractivity contribution in [1.82, 2.24) is 4.98 Å². The van der Waals surface area contributed by atoms with E-state index in [2.05, 4.69) is 17.2 Å². The number of pyridine rings is 1. The molecule has 1 aromatic heterocycles. The van der Waals surface area contributed by atoms with Crippen LogP contribution in [0.3, 0.4) is 0 Å². The molecule has 1 aromatic carbocycles. The van der Waals surface area contributed by atoms with E-state index in [1.807, 2.05) is 52.8 Å². The van der Waals surface area contributed by atoms with E-state index < -0.39 is 5.60 Å². The second-order valence-corrected chi connectivity index (χ2v) is 10.6. The van der Waals surface area contributed by atoms with Gasteiger partial charge in [0.2, 0.25) is 0 Å². The van der Waals surface area contributed by atoms with Crippen molar-refractivity contribution in [3.63, 3.8) is 0 Å². The summed E-state index contributed by atoms with van der Waals surface area (Å²) in [5, 5.41) is 12.5. The van der Waals surface area contributed by atoms with Crippen molar-refractivity contribution in [2.24, 2.45) is 17.8 Å². The molecule has 1 heterocycles. The fraction of sp³-hybridized carbons (Fsp3) is 0.552. The van der Waals surface area contributed by atoms with Gasteiger partial charge in [-0.3, -0.25) is 14.6 Å². The number of rotatable bonds is 7. The van der Waals surface area contributed by atoms with Crippen molar-refractivity contribution >= 4 is 17.4 Å². The number of hydrogen-bond acceptors (Lipinski definition) is 4. The summed E-state index contributed by atoms with van der Waals surface area (Å²) in [6.07, 6.45) is 7.95. The van der Waals surface area contributed by atoms with Gasteiger partial charge < -0.3 is 10.4 Å². The number of nitrogens with one attached hydrogen (secondary N) is 1. The number of carbonyl (C=O) groups is 2. The van der Waals surface area contributed by atoms with Gasteiger partial charge in [-0.15, -0.1) is 0 Å². The van der Waals surface area contributed by atoms with Crippen molar-refractivity contribution in [1.29, 1.82) is 0 Å². The first kappa shape index (κ1) is 26.1. The van der Waals surface area contributed by atoms with Crippen LogP contribution in [0.15, 0.2) is 30.5 Å². The molecule has 5 nitrogen and oxygen atoms in total. The van der Waals surface area contributed by atoms with Crippen molar-refractivity contribution in [2.75, 3.05) is 5.32 Å². The summed E-state index contributed by atoms with van der Waals surface area (Å²) in [7, 11) is 0. The Labute approximate surface area is 204 Å². The molecule has 34 heavy (non-hydrogen) atoms. The first-order valence-corrected chi connectivity index (χ1v) is 12.7. The van der Waals surface area contributed by atoms with E-state index in [0.29, 0.717) is 22.7 Å². The van der Waals surface area contributed by atoms with Crippen LogP contribution in [0.4, 0.5) is 5.69 Å². The van der Waals surface area contributed by atoms with Crippen LogP contribution < -0.4 is 5.32 Å². The highest BCUT2D eigenvalue weighted by Crippen LogP contribution is 2.41. The van der Waals surface area contributed by atoms with E-state index in [1.165, 1.54) is 12.8 Å². The van der Waals surface area contributed by atoms with Gasteiger partial charge in [0, 0.05) is 28.9 Å². The lowest BCUT2D eigenvalue weighted by Gasteiger charge is -2.25. The number of hydrogen-bond donors (Lipinski definition) is 2. The maximum atomic E-state index is 12.9. The van der Waals surface area contributed by atoms with Gasteiger partial charge in [0.25, 0.3) is 5.91 Å². The van der Waals surface area contributed by atoms with Crippen molar-refractivity contribution < 1.29 is 14.7 Å². The average Bonchev–Trinajstić information content (AvgIpc) is 3.53. The zero-order chi connectivity index (χ0) is 25.0. The molecule has 2 aliphatic carbocycles. The minimum Gasteiger partial charge on any atom is -0.390 e. The Morgan fingerprint density at radius 2 is 1.85 bits per heavy atom. The van der Waals surface area contributed by atoms with E-state index in [0.717, 1.165) is 48.4 Å². The number of anilines is 1. The zero-order valence-electron chi connectivity index (χ0n) is 21.6. The maximum Gasteiger partial charge on any atom is 0.256 e. The molecule has 0 radical (unpaired) electrons. The number of aryl methyl sites for hydroxylation is 2. The number of amides is 1. The lowest BCUT2D eigenvalue weighted by atomic mass is 9.89. The summed E-state index contributed by atoms with van der Waals surface area (Å²) in [6.45, 7) is 11.7. The second-order valence-electron chi connectivity index (χ2n) is 10.6. The Bertz CT molecular complexity index is 1030. The molecule has 1 amide bonds. The van der Waals surface area contributed by atoms with E-state index in [1.54, 1.807) is 12.3 Å². The number of Topliss-reactive ketones (excluding diaryl/α,β-unsaturated/α-hetero) is 1. The molecule has 184 valence electrons. The minimum atomic E-state index is -0.457. The first-order chi connectivity index (χ1) is 16.0. The van der Waals surface area contributed by atoms with Crippen LogP contribution in [0.25, 0.3) is 0 Å². The predicted octanol–water partition coefficient (Wildman–Crippen LogP) is 6.03. The minimum absolute atomic E-state index is 0.0627. The highest BCUT2D eigenvalue weighted by Gasteiger charge is 2.36. The number of benzene rings is 1. The summed E-state index contributed by atoms with van der Waals surface area (Å²) in [5.74, 6) is 1.08. The molecule has 0 bridgehead atoms. The molecule has 1 atom stereocenters. The molecule has 0 spiro atoms. The normalized spacial score (nSPS) is 15.9. The predicted molar refractivity (Wildman–Crippen MR) is 137 cm³/mol. The number of nitrogens with zero attached hydrogens (tertiary/aromatic N) is 1. The monoisotopic (exact) mass is 464 g/mol. The molecule has 1 unspecified atom stereocenters. The fourth-order valence-electron chi connectivity index (χ4n) is 4.62. The molecular formula is C29H40N2O3. The van der Waals surface area contributed by atoms with Gasteiger partial charge in [0.1, 0.15) is 0 Å². The molecule has 0 aliphatic heterocycles. The third-order valence-corrected chi connectivity index (χ3v) is 7.22. The Morgan fingerprint density at radius 1 is 1.15 bits per heavy atom. The fourth-order valence-corrected chi connectivity index (χ4v) is 4.62. The zero-order valence-corrected chi connectivity index (χ0v) is 21.6. The molecule has 2 aromatic rings. The van der Waals surface area contributed by atoms with Crippen LogP contribution in [0.1, 0.15) is 98.3 Å². The van der Waals surface area contributed by atoms with Crippen LogP contribution in [0.2, 0.25) is 0 Å². The topological polar surface area (TPSA) is 79.3 Å². The largest absolute Gasteiger partial charge is 0.390 e. The van der Waals surface area contributed by atoms with Gasteiger partial charge in [-0.25, -0.2) is 0 Å². The number of fused-ring (bicyclic) bond motifs is 1. The van der Waals surface area contributed by atoms with Crippen LogP contribution in [-0.4, -0.2) is 27.4 Å². The standard InChI is InChI=1S/C21H24N2O2.C8H16O/c1-4-14-7-5-10-18(19(14)20(24)13(2)3)23-21(25)16-11-12-22-17-9-6-8-15(16)17;1-6(7-4-5-7)8(2,3)9/h5,7,10-13H,4,6,8-9H2,1-3H3,(H,23,25);6-7,9H,4-5H2,1-3H3. The van der Waals surface area contributed by atoms with Crippen LogP contribution in [0.5, 0.6) is 0 Å². The van der Waals surface area contributed by atoms with E-state index in [4.69, 9.17) is 0 Å². The number of aromatic nitrogens is 1. The SMILES string of the molecule is CC(C1CC1)C(C)(C)O.CCc1cccc(NC(=O)c2ccnc3c2CCC3)c1C(=O)C(C)C. The smallest absolute Gasteiger partial charge is 0.256 e. The third kappa shape index (κ3) is 6.12. The molecule has 1 saturated carbocycles. The van der Waals surface area contributed by atoms with Gasteiger partial charge in [0.15, 0.2) is 5.78 Å². The summed E-state index contributed by atoms with van der Waals surface area (Å²) in [6, 6.07) is 7.43. The Morgan fingerprint density at radius 3 is 2.41 bits per heavy atom. The third-order valence-electron chi connectivity index (χ3n) is 7.22. The summed E-state index contributed by atoms with van der Waals surface area (Å²) < 4.78 is 0. The Balaban J connectivity index is 0.000000302. The summed E-state index contributed by atoms with van der Waals surface area (Å²) >= 11 is 0. The quantitative estimate of drug-likeness (QED) is 0.491. The van der Waals surface area contributed by atoms with Gasteiger partial charge in [-0.2, -0.15) is 0 Å². The molecule has 2 aliphatic rings. The van der Waals surface area contributed by atoms with Crippen molar-refractivity contribution in [2.45, 2.75) is 85.7 Å². The summed E-state index contributed by atoms with van der Waals surface area (Å²) in [5.41, 5.74) is 4.49. The highest BCUT2D eigenvalue weighted by molar-refractivity contribution is 6.11. The van der Waals surface area contributed by atoms with Crippen LogP contribution >= 0.6 is 0 Å². The lowest BCUT2D eigenvalue weighted by molar-refractivity contribution is 0.0155. The maximum absolute atomic E-state index is 12.9. The van der Waals surface area contributed by atoms with Crippen molar-refractivity contribution in [3.05, 3.63) is 58.4 Å². The highest BCUT2D eigenvalue weighted by atomic mass is 16.3. The van der Waals surface area contributed by atoms with E-state index in [9.17, 15) is 14.7 Å². The Hall–Kier alpha value is -2.53. The van der Waals surface area contributed by atoms with Gasteiger partial charge in [-0.05, 0) is 87.5 Å². The number of carbonyl (C=O) groups excluding carboxylic acids is 2. The molecule has 5 heteroatoms. The summed E-state index contributed by atoms with van der Waals surface area (Å²) in [4.78, 5) is 29.9. The molecular weight excluding hydrogens is 424 g/mol. The second kappa shape index (κ2) is 10.8. The van der Waals surface area contributed by atoms with Gasteiger partial charge in [-0.1, -0.05) is 39.8 Å². The van der Waals surface area contributed by atoms with E-state index >= 15 is 0 Å². The number of aliphatic hydroxyl groups is 1. The first-order valence-electron chi connectivity index (χ1n) is 12.7. The molecule has 1 fully saturated rings. The molecule has 2 N–H and O–H groups in total. The number of ketones is 1. The average molecular weight is 465 g/mol. The molecule has 0 saturated heterocycles. The Kier molecular flexibility index (Phi) is 8.29. The van der Waals surface area contributed by atoms with Gasteiger partial charge in [0.05, 0.1) is 11.3 Å². The van der Waals surface area contributed by atoms with Gasteiger partial charge >= 0.3 is 0 Å². The lowest BCUT2D eigenvalue weighted by Crippen LogP contribution is -2.29. The van der Waals surface area contributed by atoms with E-state index in [-0.39, 0.29) is 17.6 Å². The molecule has 4 rings (SSSR count). The van der Waals surface area contributed by atoms with Crippen molar-refractivity contribution in [3.8, 4) is 0 Å².